The van der Waals surface area contributed by atoms with Crippen molar-refractivity contribution in [3.63, 3.8) is 0 Å². The van der Waals surface area contributed by atoms with Gasteiger partial charge in [-0.3, -0.25) is 19.3 Å². The third-order valence-corrected chi connectivity index (χ3v) is 13.7. The summed E-state index contributed by atoms with van der Waals surface area (Å²) in [7, 11) is 1.68. The SMILES string of the molecule is CCCCCNc1nc(N)nc2ccn(Cc3ccc(CN4CC5(C4)CN(C(=O)OCc4ccc(NC(=O)[C@H](CCCNC(N)=O)NC(=O)[C@@H](NC(=O)CCOCCOCCOCCOCCON)C(C)C)cc4)CCO5)cc3OC)c12. The highest BCUT2D eigenvalue weighted by atomic mass is 16.6. The van der Waals surface area contributed by atoms with Gasteiger partial charge in [0.1, 0.15) is 35.6 Å². The molecule has 2 aromatic carbocycles. The summed E-state index contributed by atoms with van der Waals surface area (Å²) in [6.45, 7) is 13.3. The number of anilines is 3. The Labute approximate surface area is 479 Å². The molecular weight excluding hydrogens is 1060 g/mol. The van der Waals surface area contributed by atoms with Gasteiger partial charge >= 0.3 is 12.1 Å². The maximum absolute atomic E-state index is 13.7. The van der Waals surface area contributed by atoms with E-state index in [4.69, 9.17) is 50.5 Å². The number of carbonyl (C=O) groups is 5. The van der Waals surface area contributed by atoms with Crippen LogP contribution in [0.1, 0.15) is 76.0 Å². The number of carbonyl (C=O) groups excluding carboxylic acids is 5. The number of amides is 6. The maximum atomic E-state index is 13.7. The van der Waals surface area contributed by atoms with Crippen LogP contribution in [0.4, 0.5) is 27.0 Å². The topological polar surface area (TPSA) is 335 Å². The summed E-state index contributed by atoms with van der Waals surface area (Å²) < 4.78 is 41.7. The summed E-state index contributed by atoms with van der Waals surface area (Å²) in [4.78, 5) is 82.4. The monoisotopic (exact) mass is 1150 g/mol. The number of benzene rings is 2. The molecule has 0 saturated carbocycles. The minimum Gasteiger partial charge on any atom is -0.496 e. The van der Waals surface area contributed by atoms with Gasteiger partial charge in [-0.05, 0) is 60.6 Å². The molecule has 2 fully saturated rings. The minimum atomic E-state index is -1.04. The van der Waals surface area contributed by atoms with Crippen molar-refractivity contribution in [1.82, 2.24) is 40.3 Å². The molecule has 6 amide bonds. The summed E-state index contributed by atoms with van der Waals surface area (Å²) in [6.07, 6.45) is 5.28. The van der Waals surface area contributed by atoms with Crippen molar-refractivity contribution < 1.29 is 62.0 Å². The molecule has 2 aliphatic heterocycles. The number of unbranched alkanes of at least 4 members (excludes halogenated alkanes) is 2. The predicted octanol–water partition coefficient (Wildman–Crippen LogP) is 3.26. The molecule has 2 aliphatic rings. The van der Waals surface area contributed by atoms with Gasteiger partial charge in [0.05, 0.1) is 91.8 Å². The van der Waals surface area contributed by atoms with Gasteiger partial charge in [-0.25, -0.2) is 20.5 Å². The van der Waals surface area contributed by atoms with Crippen molar-refractivity contribution in [1.29, 1.82) is 0 Å². The Balaban J connectivity index is 0.921. The van der Waals surface area contributed by atoms with E-state index in [9.17, 15) is 24.0 Å². The van der Waals surface area contributed by atoms with Crippen molar-refractivity contribution in [3.8, 4) is 5.75 Å². The number of nitrogens with two attached hydrogens (primary N) is 3. The molecule has 4 heterocycles. The number of likely N-dealkylation sites (tertiary alicyclic amines) is 1. The molecule has 2 saturated heterocycles. The van der Waals surface area contributed by atoms with E-state index in [-0.39, 0.29) is 51.1 Å². The number of ether oxygens (including phenoxy) is 7. The van der Waals surface area contributed by atoms with E-state index in [1.807, 2.05) is 12.3 Å². The second kappa shape index (κ2) is 33.9. The van der Waals surface area contributed by atoms with Gasteiger partial charge in [0.15, 0.2) is 5.82 Å². The fourth-order valence-electron chi connectivity index (χ4n) is 9.51. The molecule has 1 spiro atoms. The number of primary amides is 1. The van der Waals surface area contributed by atoms with E-state index < -0.39 is 47.5 Å². The van der Waals surface area contributed by atoms with E-state index >= 15 is 0 Å². The first kappa shape index (κ1) is 64.3. The smallest absolute Gasteiger partial charge is 0.410 e. The highest BCUT2D eigenvalue weighted by Crippen LogP contribution is 2.33. The molecule has 452 valence electrons. The zero-order valence-corrected chi connectivity index (χ0v) is 47.9. The maximum Gasteiger partial charge on any atom is 0.410 e. The van der Waals surface area contributed by atoms with Gasteiger partial charge in [-0.15, -0.1) is 0 Å². The van der Waals surface area contributed by atoms with E-state index in [2.05, 4.69) is 76.0 Å². The first-order valence-electron chi connectivity index (χ1n) is 28.1. The Bertz CT molecular complexity index is 2640. The molecule has 11 N–H and O–H groups in total. The zero-order chi connectivity index (χ0) is 58.7. The number of methoxy groups -OCH3 is 1. The Hall–Kier alpha value is -6.91. The quantitative estimate of drug-likeness (QED) is 0.0237. The number of hydrogen-bond acceptors (Lipinski definition) is 19. The van der Waals surface area contributed by atoms with Gasteiger partial charge in [0.25, 0.3) is 0 Å². The van der Waals surface area contributed by atoms with E-state index in [1.54, 1.807) is 50.1 Å². The molecule has 2 aromatic heterocycles. The molecule has 0 radical (unpaired) electrons. The van der Waals surface area contributed by atoms with Crippen LogP contribution in [0.25, 0.3) is 11.0 Å². The molecule has 4 aromatic rings. The van der Waals surface area contributed by atoms with Crippen LogP contribution in [0.15, 0.2) is 54.7 Å². The van der Waals surface area contributed by atoms with E-state index in [1.165, 1.54) is 0 Å². The Kier molecular flexibility index (Phi) is 26.5. The molecule has 6 rings (SSSR count). The van der Waals surface area contributed by atoms with Crippen molar-refractivity contribution in [2.45, 2.75) is 96.7 Å². The fourth-order valence-corrected chi connectivity index (χ4v) is 9.51. The van der Waals surface area contributed by atoms with Gasteiger partial charge in [0, 0.05) is 63.1 Å². The lowest BCUT2D eigenvalue weighted by molar-refractivity contribution is -0.181. The molecule has 26 nitrogen and oxygen atoms in total. The summed E-state index contributed by atoms with van der Waals surface area (Å²) in [5, 5.41) is 14.3. The number of urea groups is 1. The summed E-state index contributed by atoms with van der Waals surface area (Å²) in [6, 6.07) is 12.3. The van der Waals surface area contributed by atoms with Crippen molar-refractivity contribution in [2.24, 2.45) is 17.5 Å². The molecule has 26 heteroatoms. The molecule has 2 atom stereocenters. The lowest BCUT2D eigenvalue weighted by Gasteiger charge is -2.53. The van der Waals surface area contributed by atoms with Crippen LogP contribution in [0, 0.1) is 5.92 Å². The predicted molar refractivity (Wildman–Crippen MR) is 306 cm³/mol. The van der Waals surface area contributed by atoms with Crippen LogP contribution in [-0.2, 0) is 67.3 Å². The van der Waals surface area contributed by atoms with Crippen molar-refractivity contribution >= 4 is 58.3 Å². The first-order valence-corrected chi connectivity index (χ1v) is 28.1. The van der Waals surface area contributed by atoms with E-state index in [0.717, 1.165) is 59.5 Å². The number of nitrogens with one attached hydrogen (secondary N) is 5. The molecule has 0 bridgehead atoms. The highest BCUT2D eigenvalue weighted by molar-refractivity contribution is 5.98. The Morgan fingerprint density at radius 1 is 0.793 bits per heavy atom. The van der Waals surface area contributed by atoms with Gasteiger partial charge in [-0.1, -0.05) is 57.9 Å². The summed E-state index contributed by atoms with van der Waals surface area (Å²) in [5.41, 5.74) is 15.7. The van der Waals surface area contributed by atoms with Gasteiger partial charge < -0.3 is 85.5 Å². The van der Waals surface area contributed by atoms with Crippen LogP contribution < -0.4 is 48.7 Å². The summed E-state index contributed by atoms with van der Waals surface area (Å²) in [5.74, 6) is 4.86. The second-order valence-corrected chi connectivity index (χ2v) is 20.6. The molecule has 0 unspecified atom stereocenters. The minimum absolute atomic E-state index is 0.00300. The van der Waals surface area contributed by atoms with Crippen LogP contribution >= 0.6 is 0 Å². The zero-order valence-electron chi connectivity index (χ0n) is 47.9. The number of nitrogens with zero attached hydrogens (tertiary/aromatic N) is 5. The number of fused-ring (bicyclic) bond motifs is 1. The largest absolute Gasteiger partial charge is 0.496 e. The summed E-state index contributed by atoms with van der Waals surface area (Å²) >= 11 is 0. The first-order chi connectivity index (χ1) is 39.7. The highest BCUT2D eigenvalue weighted by Gasteiger charge is 2.48. The molecule has 82 heavy (non-hydrogen) atoms. The average molecular weight is 1150 g/mol. The fraction of sp³-hybridized carbons (Fsp3) is 0.589. The lowest BCUT2D eigenvalue weighted by atomic mass is 9.91. The molecular formula is C56H85N13O13. The lowest BCUT2D eigenvalue weighted by Crippen LogP contribution is -2.70. The number of nitrogen functional groups attached to an aromatic ring is 1. The van der Waals surface area contributed by atoms with Gasteiger partial charge in [-0.2, -0.15) is 4.98 Å². The number of morpholine rings is 1. The van der Waals surface area contributed by atoms with Crippen LogP contribution in [0.5, 0.6) is 5.75 Å². The Morgan fingerprint density at radius 3 is 2.16 bits per heavy atom. The normalized spacial score (nSPS) is 14.7. The van der Waals surface area contributed by atoms with Crippen LogP contribution in [0.3, 0.4) is 0 Å². The van der Waals surface area contributed by atoms with Gasteiger partial charge in [0.2, 0.25) is 23.7 Å². The Morgan fingerprint density at radius 2 is 1.49 bits per heavy atom. The van der Waals surface area contributed by atoms with Crippen molar-refractivity contribution in [3.05, 3.63) is 71.4 Å². The van der Waals surface area contributed by atoms with Crippen LogP contribution in [-0.4, -0.2) is 184 Å². The molecule has 0 aliphatic carbocycles. The van der Waals surface area contributed by atoms with E-state index in [0.29, 0.717) is 110 Å². The second-order valence-electron chi connectivity index (χ2n) is 20.6. The number of rotatable bonds is 37. The van der Waals surface area contributed by atoms with Crippen molar-refractivity contribution in [2.75, 3.05) is 129 Å². The van der Waals surface area contributed by atoms with Crippen LogP contribution in [0.2, 0.25) is 0 Å². The number of aromatic nitrogens is 3. The number of hydrogen-bond donors (Lipinski definition) is 8. The average Bonchev–Trinajstić information content (AvgIpc) is 3.92. The third-order valence-electron chi connectivity index (χ3n) is 13.7. The third kappa shape index (κ3) is 20.8. The standard InChI is InChI=1S/C56H85N13O13/c1-5-6-7-18-60-50-49-44(64-53(57)66-50)16-20-68(49)34-42-13-10-41(32-46(42)75-4)33-67-36-56(37-67)38-69(21-23-81-56)55(74)80-35-40-11-14-43(15-12-40)62-51(71)45(9-8-19-61-54(58)73)63-52(72)48(39(2)3)65-47(70)17-22-76-24-25-77-26-27-78-28-29-79-30-31-82-59/h10-16,20,32,39,45,48H,5-9,17-19,21-31,33-38,59H2,1-4H3,(H,62,71)(H,63,72)(H,65,70)(H3,58,61,73)(H3,57,60,64,66)/t45-,48-/m0/s1.